The zero-order chi connectivity index (χ0) is 20.1. The van der Waals surface area contributed by atoms with Gasteiger partial charge in [0.1, 0.15) is 9.49 Å². The molecule has 1 saturated carbocycles. The van der Waals surface area contributed by atoms with Gasteiger partial charge in [0, 0.05) is 37.8 Å². The lowest BCUT2D eigenvalue weighted by atomic mass is 9.77. The lowest BCUT2D eigenvalue weighted by Gasteiger charge is -2.39. The van der Waals surface area contributed by atoms with E-state index in [1.54, 1.807) is 12.1 Å². The first kappa shape index (κ1) is 20.0. The number of carbonyl (C=O) groups excluding carboxylic acids is 2. The Morgan fingerprint density at radius 1 is 1.14 bits per heavy atom. The van der Waals surface area contributed by atoms with Crippen molar-refractivity contribution in [2.45, 2.75) is 30.0 Å². The molecule has 152 valence electrons. The fourth-order valence-corrected chi connectivity index (χ4v) is 5.00. The number of amides is 2. The van der Waals surface area contributed by atoms with Crippen molar-refractivity contribution in [1.29, 1.82) is 0 Å². The quantitative estimate of drug-likeness (QED) is 0.527. The Kier molecular flexibility index (Phi) is 5.17. The highest BCUT2D eigenvalue weighted by atomic mass is 35.5. The SMILES string of the molecule is COc1cc(C(=O)N2CCC3(CC2)CCN(C(=O)C2CC2(Cl)Cl)C3)cc(Cl)n1. The van der Waals surface area contributed by atoms with E-state index in [9.17, 15) is 9.59 Å². The molecule has 2 amide bonds. The third-order valence-corrected chi connectivity index (χ3v) is 7.24. The van der Waals surface area contributed by atoms with Crippen molar-refractivity contribution < 1.29 is 14.3 Å². The van der Waals surface area contributed by atoms with Crippen molar-refractivity contribution in [2.75, 3.05) is 33.3 Å². The number of methoxy groups -OCH3 is 1. The smallest absolute Gasteiger partial charge is 0.254 e. The van der Waals surface area contributed by atoms with E-state index in [1.165, 1.54) is 7.11 Å². The van der Waals surface area contributed by atoms with Crippen molar-refractivity contribution in [3.05, 3.63) is 22.8 Å². The largest absolute Gasteiger partial charge is 0.481 e. The Morgan fingerprint density at radius 3 is 2.32 bits per heavy atom. The highest BCUT2D eigenvalue weighted by Crippen LogP contribution is 2.54. The van der Waals surface area contributed by atoms with Crippen LogP contribution in [0.2, 0.25) is 5.15 Å². The fourth-order valence-electron chi connectivity index (χ4n) is 4.30. The van der Waals surface area contributed by atoms with Crippen LogP contribution in [0.1, 0.15) is 36.0 Å². The zero-order valence-electron chi connectivity index (χ0n) is 15.6. The van der Waals surface area contributed by atoms with Gasteiger partial charge in [-0.15, -0.1) is 23.2 Å². The number of hydrogen-bond donors (Lipinski definition) is 0. The van der Waals surface area contributed by atoms with Crippen molar-refractivity contribution in [3.63, 3.8) is 0 Å². The topological polar surface area (TPSA) is 62.7 Å². The van der Waals surface area contributed by atoms with Crippen LogP contribution in [0.5, 0.6) is 5.88 Å². The van der Waals surface area contributed by atoms with E-state index in [0.717, 1.165) is 32.4 Å². The Hall–Kier alpha value is -1.24. The number of aromatic nitrogens is 1. The Morgan fingerprint density at radius 2 is 1.75 bits per heavy atom. The van der Waals surface area contributed by atoms with E-state index >= 15 is 0 Å². The van der Waals surface area contributed by atoms with Gasteiger partial charge in [-0.1, -0.05) is 11.6 Å². The molecular formula is C19H22Cl3N3O3. The summed E-state index contributed by atoms with van der Waals surface area (Å²) in [5.74, 6) is 0.0532. The van der Waals surface area contributed by atoms with E-state index < -0.39 is 4.33 Å². The molecule has 1 aliphatic carbocycles. The van der Waals surface area contributed by atoms with E-state index in [0.29, 0.717) is 31.0 Å². The summed E-state index contributed by atoms with van der Waals surface area (Å²) in [5, 5.41) is 0.232. The lowest BCUT2D eigenvalue weighted by Crippen LogP contribution is -2.45. The van der Waals surface area contributed by atoms with Crippen molar-refractivity contribution in [1.82, 2.24) is 14.8 Å². The molecule has 3 heterocycles. The average Bonchev–Trinajstić information content (AvgIpc) is 3.12. The molecule has 1 aromatic rings. The number of alkyl halides is 2. The normalized spacial score (nSPS) is 25.1. The summed E-state index contributed by atoms with van der Waals surface area (Å²) in [6.45, 7) is 2.77. The molecule has 3 fully saturated rings. The monoisotopic (exact) mass is 445 g/mol. The summed E-state index contributed by atoms with van der Waals surface area (Å²) < 4.78 is 4.22. The molecule has 9 heteroatoms. The molecule has 0 radical (unpaired) electrons. The van der Waals surface area contributed by atoms with E-state index in [4.69, 9.17) is 39.5 Å². The number of pyridine rings is 1. The zero-order valence-corrected chi connectivity index (χ0v) is 17.9. The van der Waals surface area contributed by atoms with Gasteiger partial charge in [0.15, 0.2) is 0 Å². The molecule has 4 rings (SSSR count). The van der Waals surface area contributed by atoms with E-state index in [-0.39, 0.29) is 28.3 Å². The molecule has 2 aliphatic heterocycles. The molecule has 1 aromatic heterocycles. The minimum Gasteiger partial charge on any atom is -0.481 e. The second-order valence-corrected chi connectivity index (χ2v) is 9.97. The minimum atomic E-state index is -0.879. The molecule has 0 aromatic carbocycles. The van der Waals surface area contributed by atoms with E-state index in [1.807, 2.05) is 9.80 Å². The van der Waals surface area contributed by atoms with Crippen LogP contribution in [0.3, 0.4) is 0 Å². The van der Waals surface area contributed by atoms with Crippen molar-refractivity contribution >= 4 is 46.6 Å². The molecule has 0 bridgehead atoms. The van der Waals surface area contributed by atoms with Crippen LogP contribution in [0, 0.1) is 11.3 Å². The number of hydrogen-bond acceptors (Lipinski definition) is 4. The number of halogens is 3. The van der Waals surface area contributed by atoms with Crippen LogP contribution in [0.25, 0.3) is 0 Å². The third kappa shape index (κ3) is 3.79. The standard InChI is InChI=1S/C19H22Cl3N3O3/c1-28-15-9-12(8-14(20)23-15)16(26)24-5-2-18(3-6-24)4-7-25(11-18)17(27)13-10-19(13,21)22/h8-9,13H,2-7,10-11H2,1H3. The summed E-state index contributed by atoms with van der Waals surface area (Å²) in [4.78, 5) is 33.2. The van der Waals surface area contributed by atoms with Crippen LogP contribution in [0.4, 0.5) is 0 Å². The Labute approximate surface area is 179 Å². The van der Waals surface area contributed by atoms with Gasteiger partial charge in [0.2, 0.25) is 11.8 Å². The van der Waals surface area contributed by atoms with Gasteiger partial charge in [-0.3, -0.25) is 9.59 Å². The van der Waals surface area contributed by atoms with Crippen LogP contribution < -0.4 is 4.74 Å². The molecule has 6 nitrogen and oxygen atoms in total. The molecule has 1 atom stereocenters. The van der Waals surface area contributed by atoms with Gasteiger partial charge in [-0.05, 0) is 37.2 Å². The summed E-state index contributed by atoms with van der Waals surface area (Å²) in [7, 11) is 1.49. The summed E-state index contributed by atoms with van der Waals surface area (Å²) >= 11 is 18.1. The van der Waals surface area contributed by atoms with Gasteiger partial charge >= 0.3 is 0 Å². The average molecular weight is 447 g/mol. The molecule has 2 saturated heterocycles. The lowest BCUT2D eigenvalue weighted by molar-refractivity contribution is -0.132. The molecule has 28 heavy (non-hydrogen) atoms. The fraction of sp³-hybridized carbons (Fsp3) is 0.632. The van der Waals surface area contributed by atoms with Crippen LogP contribution in [-0.4, -0.2) is 64.2 Å². The van der Waals surface area contributed by atoms with Crippen molar-refractivity contribution in [2.24, 2.45) is 11.3 Å². The molecule has 1 spiro atoms. The predicted octanol–water partition coefficient (Wildman–Crippen LogP) is 3.39. The third-order valence-electron chi connectivity index (χ3n) is 6.21. The van der Waals surface area contributed by atoms with Crippen LogP contribution >= 0.6 is 34.8 Å². The van der Waals surface area contributed by atoms with Crippen molar-refractivity contribution in [3.8, 4) is 5.88 Å². The maximum Gasteiger partial charge on any atom is 0.254 e. The van der Waals surface area contributed by atoms with E-state index in [2.05, 4.69) is 4.98 Å². The maximum absolute atomic E-state index is 12.9. The molecular weight excluding hydrogens is 425 g/mol. The summed E-state index contributed by atoms with van der Waals surface area (Å²) in [6, 6.07) is 3.17. The Balaban J connectivity index is 1.36. The molecule has 0 N–H and O–H groups in total. The number of likely N-dealkylation sites (tertiary alicyclic amines) is 2. The first-order valence-electron chi connectivity index (χ1n) is 9.40. The van der Waals surface area contributed by atoms with Gasteiger partial charge in [0.05, 0.1) is 13.0 Å². The van der Waals surface area contributed by atoms with Crippen LogP contribution in [-0.2, 0) is 4.79 Å². The van der Waals surface area contributed by atoms with Gasteiger partial charge < -0.3 is 14.5 Å². The highest BCUT2D eigenvalue weighted by Gasteiger charge is 2.58. The number of piperidine rings is 1. The molecule has 3 aliphatic rings. The predicted molar refractivity (Wildman–Crippen MR) is 107 cm³/mol. The van der Waals surface area contributed by atoms with Crippen LogP contribution in [0.15, 0.2) is 12.1 Å². The van der Waals surface area contributed by atoms with Gasteiger partial charge in [-0.25, -0.2) is 4.98 Å². The first-order chi connectivity index (χ1) is 13.2. The highest BCUT2D eigenvalue weighted by molar-refractivity contribution is 6.52. The summed E-state index contributed by atoms with van der Waals surface area (Å²) in [5.41, 5.74) is 0.557. The second kappa shape index (κ2) is 7.22. The minimum absolute atomic E-state index is 0.0684. The van der Waals surface area contributed by atoms with Gasteiger partial charge in [0.25, 0.3) is 5.91 Å². The number of rotatable bonds is 3. The first-order valence-corrected chi connectivity index (χ1v) is 10.5. The molecule has 1 unspecified atom stereocenters. The second-order valence-electron chi connectivity index (χ2n) is 8.04. The Bertz CT molecular complexity index is 809. The number of nitrogens with zero attached hydrogens (tertiary/aromatic N) is 3. The summed E-state index contributed by atoms with van der Waals surface area (Å²) in [6.07, 6.45) is 3.24. The maximum atomic E-state index is 12.9. The van der Waals surface area contributed by atoms with Gasteiger partial charge in [-0.2, -0.15) is 0 Å². The number of ether oxygens (including phenoxy) is 1. The number of carbonyl (C=O) groups is 2.